The van der Waals surface area contributed by atoms with Crippen LogP contribution in [0.25, 0.3) is 0 Å². The summed E-state index contributed by atoms with van der Waals surface area (Å²) >= 11 is 6.21. The van der Waals surface area contributed by atoms with Crippen LogP contribution in [0.15, 0.2) is 24.3 Å². The normalized spacial score (nSPS) is 18.9. The molecule has 1 unspecified atom stereocenters. The summed E-state index contributed by atoms with van der Waals surface area (Å²) in [5.41, 5.74) is 1.02. The molecule has 28 heavy (non-hydrogen) atoms. The number of rotatable bonds is 6. The molecule has 1 aromatic rings. The van der Waals surface area contributed by atoms with E-state index < -0.39 is 0 Å². The molecule has 3 rings (SSSR count). The van der Waals surface area contributed by atoms with Gasteiger partial charge in [-0.2, -0.15) is 0 Å². The van der Waals surface area contributed by atoms with Gasteiger partial charge < -0.3 is 14.5 Å². The van der Waals surface area contributed by atoms with Crippen molar-refractivity contribution in [2.75, 3.05) is 32.8 Å². The Balaban J connectivity index is 1.63. The first-order valence-corrected chi connectivity index (χ1v) is 10.9. The van der Waals surface area contributed by atoms with Crippen LogP contribution in [0, 0.1) is 5.92 Å². The van der Waals surface area contributed by atoms with Crippen molar-refractivity contribution in [3.63, 3.8) is 0 Å². The molecule has 1 heterocycles. The SMILES string of the molecule is CCCCOC(=O)N1CCN(C(=O)C(c2cccc(Cl)c2)C2CCCC2)CC1. The molecule has 1 aliphatic carbocycles. The number of nitrogens with zero attached hydrogens (tertiary/aromatic N) is 2. The van der Waals surface area contributed by atoms with Crippen LogP contribution < -0.4 is 0 Å². The summed E-state index contributed by atoms with van der Waals surface area (Å²) in [5.74, 6) is 0.417. The van der Waals surface area contributed by atoms with Crippen molar-refractivity contribution in [1.29, 1.82) is 0 Å². The molecule has 1 atom stereocenters. The highest BCUT2D eigenvalue weighted by Gasteiger charge is 2.36. The fraction of sp³-hybridized carbons (Fsp3) is 0.636. The van der Waals surface area contributed by atoms with Crippen LogP contribution in [-0.2, 0) is 9.53 Å². The van der Waals surface area contributed by atoms with Gasteiger partial charge in [0.2, 0.25) is 5.91 Å². The first-order chi connectivity index (χ1) is 13.6. The monoisotopic (exact) mass is 406 g/mol. The van der Waals surface area contributed by atoms with Crippen LogP contribution in [-0.4, -0.2) is 54.6 Å². The fourth-order valence-electron chi connectivity index (χ4n) is 4.31. The minimum absolute atomic E-state index is 0.135. The predicted octanol–water partition coefficient (Wildman–Crippen LogP) is 4.69. The van der Waals surface area contributed by atoms with Crippen LogP contribution in [0.4, 0.5) is 4.79 Å². The summed E-state index contributed by atoms with van der Waals surface area (Å²) in [7, 11) is 0. The number of carbonyl (C=O) groups is 2. The van der Waals surface area contributed by atoms with Gasteiger partial charge in [-0.25, -0.2) is 4.79 Å². The van der Waals surface area contributed by atoms with E-state index in [1.54, 1.807) is 4.90 Å². The van der Waals surface area contributed by atoms with Gasteiger partial charge in [-0.05, 0) is 42.9 Å². The number of hydrogen-bond donors (Lipinski definition) is 0. The van der Waals surface area contributed by atoms with Gasteiger partial charge >= 0.3 is 6.09 Å². The van der Waals surface area contributed by atoms with Crippen LogP contribution in [0.2, 0.25) is 5.02 Å². The van der Waals surface area contributed by atoms with E-state index in [0.717, 1.165) is 31.2 Å². The van der Waals surface area contributed by atoms with E-state index in [-0.39, 0.29) is 17.9 Å². The first-order valence-electron chi connectivity index (χ1n) is 10.6. The van der Waals surface area contributed by atoms with Crippen molar-refractivity contribution < 1.29 is 14.3 Å². The van der Waals surface area contributed by atoms with E-state index >= 15 is 0 Å². The van der Waals surface area contributed by atoms with Crippen LogP contribution in [0.5, 0.6) is 0 Å². The van der Waals surface area contributed by atoms with Gasteiger partial charge in [-0.3, -0.25) is 4.79 Å². The van der Waals surface area contributed by atoms with E-state index in [1.165, 1.54) is 12.8 Å². The molecule has 0 N–H and O–H groups in total. The van der Waals surface area contributed by atoms with Crippen LogP contribution in [0.3, 0.4) is 0 Å². The van der Waals surface area contributed by atoms with Gasteiger partial charge in [0.15, 0.2) is 0 Å². The van der Waals surface area contributed by atoms with E-state index in [4.69, 9.17) is 16.3 Å². The second-order valence-electron chi connectivity index (χ2n) is 7.86. The smallest absolute Gasteiger partial charge is 0.409 e. The lowest BCUT2D eigenvalue weighted by Gasteiger charge is -2.37. The topological polar surface area (TPSA) is 49.9 Å². The number of carbonyl (C=O) groups excluding carboxylic acids is 2. The van der Waals surface area contributed by atoms with Crippen molar-refractivity contribution in [3.05, 3.63) is 34.9 Å². The molecule has 154 valence electrons. The highest BCUT2D eigenvalue weighted by Crippen LogP contribution is 2.39. The molecular formula is C22H31ClN2O3. The number of halogens is 1. The van der Waals surface area contributed by atoms with Crippen molar-refractivity contribution in [3.8, 4) is 0 Å². The summed E-state index contributed by atoms with van der Waals surface area (Å²) in [6.07, 6.45) is 6.18. The summed E-state index contributed by atoms with van der Waals surface area (Å²) in [6, 6.07) is 7.74. The van der Waals surface area contributed by atoms with Gasteiger partial charge in [0.05, 0.1) is 12.5 Å². The van der Waals surface area contributed by atoms with Crippen molar-refractivity contribution in [2.45, 2.75) is 51.4 Å². The quantitative estimate of drug-likeness (QED) is 0.643. The van der Waals surface area contributed by atoms with E-state index in [0.29, 0.717) is 43.7 Å². The minimum Gasteiger partial charge on any atom is -0.449 e. The van der Waals surface area contributed by atoms with Gasteiger partial charge in [0, 0.05) is 31.2 Å². The Kier molecular flexibility index (Phi) is 7.60. The molecule has 2 fully saturated rings. The number of ether oxygens (including phenoxy) is 1. The number of piperazine rings is 1. The zero-order valence-corrected chi connectivity index (χ0v) is 17.5. The summed E-state index contributed by atoms with van der Waals surface area (Å²) in [4.78, 5) is 29.2. The lowest BCUT2D eigenvalue weighted by molar-refractivity contribution is -0.135. The molecule has 0 aromatic heterocycles. The number of benzene rings is 1. The van der Waals surface area contributed by atoms with Gasteiger partial charge in [0.25, 0.3) is 0 Å². The van der Waals surface area contributed by atoms with Gasteiger partial charge in [0.1, 0.15) is 0 Å². The van der Waals surface area contributed by atoms with Gasteiger partial charge in [-0.1, -0.05) is 49.9 Å². The Bertz CT molecular complexity index is 668. The Labute approximate surface area is 173 Å². The van der Waals surface area contributed by atoms with E-state index in [9.17, 15) is 9.59 Å². The fourth-order valence-corrected chi connectivity index (χ4v) is 4.51. The molecule has 6 heteroatoms. The molecule has 1 aliphatic heterocycles. The molecule has 1 saturated heterocycles. The second kappa shape index (κ2) is 10.1. The van der Waals surface area contributed by atoms with Crippen molar-refractivity contribution >= 4 is 23.6 Å². The van der Waals surface area contributed by atoms with Crippen molar-refractivity contribution in [2.24, 2.45) is 5.92 Å². The Morgan fingerprint density at radius 2 is 1.82 bits per heavy atom. The largest absolute Gasteiger partial charge is 0.449 e. The highest BCUT2D eigenvalue weighted by atomic mass is 35.5. The summed E-state index contributed by atoms with van der Waals surface area (Å²) in [6.45, 7) is 4.72. The van der Waals surface area contributed by atoms with E-state index in [1.807, 2.05) is 29.2 Å². The molecule has 0 radical (unpaired) electrons. The lowest BCUT2D eigenvalue weighted by atomic mass is 9.83. The van der Waals surface area contributed by atoms with E-state index in [2.05, 4.69) is 6.92 Å². The maximum absolute atomic E-state index is 13.4. The Morgan fingerprint density at radius 1 is 1.14 bits per heavy atom. The summed E-state index contributed by atoms with van der Waals surface area (Å²) in [5, 5.41) is 0.674. The molecule has 2 aliphatic rings. The molecule has 0 bridgehead atoms. The van der Waals surface area contributed by atoms with Crippen LogP contribution in [0.1, 0.15) is 56.9 Å². The standard InChI is InChI=1S/C22H31ClN2O3/c1-2-3-15-28-22(27)25-13-11-24(12-14-25)21(26)20(17-7-4-5-8-17)18-9-6-10-19(23)16-18/h6,9-10,16-17,20H,2-5,7-8,11-15H2,1H3. The maximum atomic E-state index is 13.4. The zero-order valence-electron chi connectivity index (χ0n) is 16.7. The average Bonchev–Trinajstić information content (AvgIpc) is 3.22. The third kappa shape index (κ3) is 5.19. The zero-order chi connectivity index (χ0) is 19.9. The third-order valence-corrected chi connectivity index (χ3v) is 6.15. The van der Waals surface area contributed by atoms with Crippen LogP contribution >= 0.6 is 11.6 Å². The number of hydrogen-bond acceptors (Lipinski definition) is 3. The third-order valence-electron chi connectivity index (χ3n) is 5.92. The minimum atomic E-state index is -0.261. The Morgan fingerprint density at radius 3 is 2.46 bits per heavy atom. The number of unbranched alkanes of at least 4 members (excludes halogenated alkanes) is 1. The molecule has 2 amide bonds. The maximum Gasteiger partial charge on any atom is 0.409 e. The number of amides is 2. The second-order valence-corrected chi connectivity index (χ2v) is 8.29. The van der Waals surface area contributed by atoms with Crippen molar-refractivity contribution in [1.82, 2.24) is 9.80 Å². The van der Waals surface area contributed by atoms with Gasteiger partial charge in [-0.15, -0.1) is 0 Å². The lowest BCUT2D eigenvalue weighted by Crippen LogP contribution is -2.52. The molecule has 1 saturated carbocycles. The molecule has 0 spiro atoms. The highest BCUT2D eigenvalue weighted by molar-refractivity contribution is 6.30. The first kappa shape index (κ1) is 21.0. The molecule has 1 aromatic carbocycles. The summed E-state index contributed by atoms with van der Waals surface area (Å²) < 4.78 is 5.30. The average molecular weight is 407 g/mol. The predicted molar refractivity (Wildman–Crippen MR) is 111 cm³/mol. The Hall–Kier alpha value is -1.75. The molecular weight excluding hydrogens is 376 g/mol. The molecule has 5 nitrogen and oxygen atoms in total.